The highest BCUT2D eigenvalue weighted by molar-refractivity contribution is 5.90. The Morgan fingerprint density at radius 2 is 2.42 bits per heavy atom. The van der Waals surface area contributed by atoms with E-state index in [1.165, 1.54) is 0 Å². The van der Waals surface area contributed by atoms with Crippen molar-refractivity contribution in [1.29, 1.82) is 0 Å². The van der Waals surface area contributed by atoms with Crippen molar-refractivity contribution in [2.45, 2.75) is 38.4 Å². The smallest absolute Gasteiger partial charge is 0.167 e. The molecule has 2 fully saturated rings. The van der Waals surface area contributed by atoms with Gasteiger partial charge in [0.2, 0.25) is 0 Å². The summed E-state index contributed by atoms with van der Waals surface area (Å²) in [5.74, 6) is 0.453. The van der Waals surface area contributed by atoms with Crippen LogP contribution in [0.4, 0.5) is 0 Å². The van der Waals surface area contributed by atoms with Gasteiger partial charge in [-0.3, -0.25) is 4.79 Å². The number of fused-ring (bicyclic) bond motifs is 1. The second kappa shape index (κ2) is 2.19. The summed E-state index contributed by atoms with van der Waals surface area (Å²) in [6.45, 7) is 7.80. The number of hydrogen-bond acceptors (Lipinski definition) is 2. The number of Topliss-reactive ketones (excluding diaryl/α,β-unsaturated/α-hetero) is 1. The van der Waals surface area contributed by atoms with Gasteiger partial charge >= 0.3 is 0 Å². The summed E-state index contributed by atoms with van der Waals surface area (Å²) < 4.78 is 5.46. The Kier molecular flexibility index (Phi) is 1.46. The number of ether oxygens (including phenoxy) is 1. The van der Waals surface area contributed by atoms with Crippen molar-refractivity contribution >= 4 is 5.78 Å². The van der Waals surface area contributed by atoms with Gasteiger partial charge in [-0.15, -0.1) is 0 Å². The van der Waals surface area contributed by atoms with Gasteiger partial charge in [0.1, 0.15) is 11.7 Å². The van der Waals surface area contributed by atoms with Crippen molar-refractivity contribution in [3.05, 3.63) is 12.2 Å². The minimum atomic E-state index is -0.246. The molecule has 66 valence electrons. The Morgan fingerprint density at radius 3 is 3.00 bits per heavy atom. The normalized spacial score (nSPS) is 45.3. The predicted molar refractivity (Wildman–Crippen MR) is 45.8 cm³/mol. The van der Waals surface area contributed by atoms with Crippen LogP contribution in [0.15, 0.2) is 12.2 Å². The molecule has 0 spiro atoms. The topological polar surface area (TPSA) is 29.6 Å². The largest absolute Gasteiger partial charge is 0.353 e. The summed E-state index contributed by atoms with van der Waals surface area (Å²) in [5, 5.41) is 0. The van der Waals surface area contributed by atoms with Crippen molar-refractivity contribution in [1.82, 2.24) is 0 Å². The van der Waals surface area contributed by atoms with Gasteiger partial charge in [-0.2, -0.15) is 0 Å². The molecule has 2 heteroatoms. The van der Waals surface area contributed by atoms with Gasteiger partial charge < -0.3 is 4.74 Å². The molecule has 0 aromatic rings. The van der Waals surface area contributed by atoms with Gasteiger partial charge in [0.15, 0.2) is 5.78 Å². The van der Waals surface area contributed by atoms with E-state index in [0.29, 0.717) is 0 Å². The van der Waals surface area contributed by atoms with E-state index < -0.39 is 0 Å². The fourth-order valence-corrected chi connectivity index (χ4v) is 2.02. The zero-order valence-electron chi connectivity index (χ0n) is 7.59. The van der Waals surface area contributed by atoms with E-state index in [9.17, 15) is 4.79 Å². The molecular formula is C10H14O2. The number of hydrogen-bond donors (Lipinski definition) is 0. The van der Waals surface area contributed by atoms with Crippen LogP contribution in [-0.2, 0) is 9.53 Å². The van der Waals surface area contributed by atoms with Crippen molar-refractivity contribution < 1.29 is 9.53 Å². The van der Waals surface area contributed by atoms with Crippen molar-refractivity contribution in [3.63, 3.8) is 0 Å². The average molecular weight is 166 g/mol. The first kappa shape index (κ1) is 7.99. The van der Waals surface area contributed by atoms with Gasteiger partial charge in [0.05, 0.1) is 0 Å². The molecule has 0 aromatic heterocycles. The molecule has 3 unspecified atom stereocenters. The van der Waals surface area contributed by atoms with Crippen LogP contribution in [0.1, 0.15) is 26.7 Å². The SMILES string of the molecule is C=C(C)C12CCC(C)C(=O)C1O2. The van der Waals surface area contributed by atoms with E-state index in [-0.39, 0.29) is 23.4 Å². The first-order chi connectivity index (χ1) is 5.58. The lowest BCUT2D eigenvalue weighted by molar-refractivity contribution is -0.124. The molecule has 0 N–H and O–H groups in total. The van der Waals surface area contributed by atoms with E-state index in [0.717, 1.165) is 18.4 Å². The summed E-state index contributed by atoms with van der Waals surface area (Å²) in [6, 6.07) is 0. The molecule has 12 heavy (non-hydrogen) atoms. The van der Waals surface area contributed by atoms with Gasteiger partial charge in [0.25, 0.3) is 0 Å². The van der Waals surface area contributed by atoms with Crippen LogP contribution in [0, 0.1) is 5.92 Å². The molecule has 1 saturated carbocycles. The molecule has 3 atom stereocenters. The number of rotatable bonds is 1. The Morgan fingerprint density at radius 1 is 1.75 bits per heavy atom. The summed E-state index contributed by atoms with van der Waals surface area (Å²) in [6.07, 6.45) is 1.76. The van der Waals surface area contributed by atoms with E-state index in [1.807, 2.05) is 13.8 Å². The van der Waals surface area contributed by atoms with Crippen LogP contribution in [0.25, 0.3) is 0 Å². The third kappa shape index (κ3) is 0.816. The van der Waals surface area contributed by atoms with E-state index in [2.05, 4.69) is 6.58 Å². The first-order valence-electron chi connectivity index (χ1n) is 4.45. The molecule has 1 aliphatic heterocycles. The zero-order chi connectivity index (χ0) is 8.93. The third-order valence-corrected chi connectivity index (χ3v) is 3.11. The monoisotopic (exact) mass is 166 g/mol. The van der Waals surface area contributed by atoms with Crippen LogP contribution in [0.2, 0.25) is 0 Å². The molecular weight excluding hydrogens is 152 g/mol. The molecule has 1 saturated heterocycles. The van der Waals surface area contributed by atoms with Crippen LogP contribution in [-0.4, -0.2) is 17.5 Å². The van der Waals surface area contributed by atoms with Gasteiger partial charge in [-0.25, -0.2) is 0 Å². The summed E-state index contributed by atoms with van der Waals surface area (Å²) >= 11 is 0. The van der Waals surface area contributed by atoms with Gasteiger partial charge in [-0.1, -0.05) is 13.5 Å². The highest BCUT2D eigenvalue weighted by atomic mass is 16.6. The molecule has 0 aromatic carbocycles. The van der Waals surface area contributed by atoms with Gasteiger partial charge in [0, 0.05) is 5.92 Å². The maximum absolute atomic E-state index is 11.5. The number of carbonyl (C=O) groups is 1. The summed E-state index contributed by atoms with van der Waals surface area (Å²) in [7, 11) is 0. The maximum Gasteiger partial charge on any atom is 0.167 e. The molecule has 0 radical (unpaired) electrons. The molecule has 2 aliphatic rings. The Bertz CT molecular complexity index is 257. The number of ketones is 1. The van der Waals surface area contributed by atoms with Crippen molar-refractivity contribution in [2.75, 3.05) is 0 Å². The number of carbonyl (C=O) groups excluding carboxylic acids is 1. The Hall–Kier alpha value is -0.630. The Balaban J connectivity index is 2.20. The minimum Gasteiger partial charge on any atom is -0.353 e. The third-order valence-electron chi connectivity index (χ3n) is 3.11. The fourth-order valence-electron chi connectivity index (χ4n) is 2.02. The first-order valence-corrected chi connectivity index (χ1v) is 4.45. The molecule has 1 heterocycles. The van der Waals surface area contributed by atoms with E-state index >= 15 is 0 Å². The molecule has 0 bridgehead atoms. The summed E-state index contributed by atoms with van der Waals surface area (Å²) in [4.78, 5) is 11.5. The van der Waals surface area contributed by atoms with Crippen LogP contribution in [0.3, 0.4) is 0 Å². The van der Waals surface area contributed by atoms with E-state index in [4.69, 9.17) is 4.74 Å². The second-order valence-electron chi connectivity index (χ2n) is 4.01. The average Bonchev–Trinajstić information content (AvgIpc) is 2.74. The highest BCUT2D eigenvalue weighted by Crippen LogP contribution is 2.51. The lowest BCUT2D eigenvalue weighted by Crippen LogP contribution is -2.32. The standard InChI is InChI=1S/C10H14O2/c1-6(2)10-5-4-7(3)8(11)9(10)12-10/h7,9H,1,4-5H2,2-3H3. The molecule has 2 nitrogen and oxygen atoms in total. The lowest BCUT2D eigenvalue weighted by Gasteiger charge is -2.20. The van der Waals surface area contributed by atoms with Crippen LogP contribution in [0.5, 0.6) is 0 Å². The quantitative estimate of drug-likeness (QED) is 0.438. The lowest BCUT2D eigenvalue weighted by atomic mass is 9.79. The maximum atomic E-state index is 11.5. The molecule has 0 amide bonds. The predicted octanol–water partition coefficient (Wildman–Crippen LogP) is 1.70. The van der Waals surface area contributed by atoms with Crippen LogP contribution >= 0.6 is 0 Å². The van der Waals surface area contributed by atoms with Crippen LogP contribution < -0.4 is 0 Å². The fraction of sp³-hybridized carbons (Fsp3) is 0.700. The van der Waals surface area contributed by atoms with Crippen molar-refractivity contribution in [3.8, 4) is 0 Å². The second-order valence-corrected chi connectivity index (χ2v) is 4.01. The van der Waals surface area contributed by atoms with Crippen molar-refractivity contribution in [2.24, 2.45) is 5.92 Å². The highest BCUT2D eigenvalue weighted by Gasteiger charge is 2.63. The molecule has 2 rings (SSSR count). The van der Waals surface area contributed by atoms with Gasteiger partial charge in [-0.05, 0) is 25.3 Å². The Labute approximate surface area is 72.6 Å². The minimum absolute atomic E-state index is 0.154. The number of epoxide rings is 1. The zero-order valence-corrected chi connectivity index (χ0v) is 7.59. The van der Waals surface area contributed by atoms with E-state index in [1.54, 1.807) is 0 Å². The summed E-state index contributed by atoms with van der Waals surface area (Å²) in [5.41, 5.74) is 0.761. The molecule has 1 aliphatic carbocycles.